The number of aryl methyl sites for hydroxylation is 1. The normalized spacial score (nSPS) is 27.7. The first-order chi connectivity index (χ1) is 7.18. The lowest BCUT2D eigenvalue weighted by molar-refractivity contribution is 0.543. The molecule has 0 saturated heterocycles. The Morgan fingerprint density at radius 1 is 1.40 bits per heavy atom. The van der Waals surface area contributed by atoms with Crippen LogP contribution in [0.2, 0.25) is 5.02 Å². The van der Waals surface area contributed by atoms with Crippen molar-refractivity contribution in [3.63, 3.8) is 0 Å². The maximum atomic E-state index is 6.26. The molecule has 1 saturated carbocycles. The highest BCUT2D eigenvalue weighted by molar-refractivity contribution is 6.31. The second-order valence-corrected chi connectivity index (χ2v) is 5.34. The largest absolute Gasteiger partial charge is 0.271 e. The van der Waals surface area contributed by atoms with Crippen molar-refractivity contribution < 1.29 is 0 Å². The Bertz CT molecular complexity index is 316. The summed E-state index contributed by atoms with van der Waals surface area (Å²) in [5.41, 5.74) is 1.16. The van der Waals surface area contributed by atoms with Gasteiger partial charge in [-0.15, -0.1) is 11.6 Å². The molecule has 0 bridgehead atoms. The van der Waals surface area contributed by atoms with Crippen LogP contribution in [0.1, 0.15) is 43.7 Å². The quantitative estimate of drug-likeness (QED) is 0.546. The molecule has 2 nitrogen and oxygen atoms in total. The SMILES string of the molecule is Cn1ncc(Cl)c1C1CCCCC(Cl)C1. The first-order valence-corrected chi connectivity index (χ1v) is 6.31. The molecule has 15 heavy (non-hydrogen) atoms. The molecule has 2 atom stereocenters. The van der Waals surface area contributed by atoms with Crippen LogP contribution in [0.25, 0.3) is 0 Å². The van der Waals surface area contributed by atoms with E-state index in [4.69, 9.17) is 23.2 Å². The van der Waals surface area contributed by atoms with Crippen molar-refractivity contribution in [2.45, 2.75) is 43.4 Å². The lowest BCUT2D eigenvalue weighted by Gasteiger charge is -2.16. The average Bonchev–Trinajstić information content (AvgIpc) is 2.40. The van der Waals surface area contributed by atoms with Crippen LogP contribution in [0.15, 0.2) is 6.20 Å². The Morgan fingerprint density at radius 3 is 2.80 bits per heavy atom. The van der Waals surface area contributed by atoms with E-state index in [-0.39, 0.29) is 0 Å². The summed E-state index contributed by atoms with van der Waals surface area (Å²) in [6, 6.07) is 0. The van der Waals surface area contributed by atoms with E-state index >= 15 is 0 Å². The standard InChI is InChI=1S/C11H16Cl2N2/c1-15-11(10(13)7-14-15)8-4-2-3-5-9(12)6-8/h7-9H,2-6H2,1H3. The smallest absolute Gasteiger partial charge is 0.0820 e. The van der Waals surface area contributed by atoms with Gasteiger partial charge >= 0.3 is 0 Å². The molecule has 0 aromatic carbocycles. The van der Waals surface area contributed by atoms with Gasteiger partial charge in [-0.25, -0.2) is 0 Å². The number of hydrogen-bond donors (Lipinski definition) is 0. The van der Waals surface area contributed by atoms with Crippen molar-refractivity contribution in [3.8, 4) is 0 Å². The highest BCUT2D eigenvalue weighted by Crippen LogP contribution is 2.36. The molecular weight excluding hydrogens is 231 g/mol. The van der Waals surface area contributed by atoms with Gasteiger partial charge in [-0.05, 0) is 19.3 Å². The molecule has 2 unspecified atom stereocenters. The van der Waals surface area contributed by atoms with E-state index in [1.54, 1.807) is 6.20 Å². The van der Waals surface area contributed by atoms with Crippen LogP contribution >= 0.6 is 23.2 Å². The molecule has 1 heterocycles. The van der Waals surface area contributed by atoms with E-state index in [1.165, 1.54) is 19.3 Å². The molecule has 1 aromatic rings. The lowest BCUT2D eigenvalue weighted by Crippen LogP contribution is -2.09. The number of halogens is 2. The molecular formula is C11H16Cl2N2. The molecule has 1 fully saturated rings. The maximum Gasteiger partial charge on any atom is 0.0820 e. The van der Waals surface area contributed by atoms with Gasteiger partial charge in [0.25, 0.3) is 0 Å². The minimum atomic E-state index is 0.295. The van der Waals surface area contributed by atoms with Gasteiger partial charge in [0.15, 0.2) is 0 Å². The highest BCUT2D eigenvalue weighted by atomic mass is 35.5. The predicted molar refractivity (Wildman–Crippen MR) is 63.7 cm³/mol. The van der Waals surface area contributed by atoms with E-state index in [2.05, 4.69) is 5.10 Å². The summed E-state index contributed by atoms with van der Waals surface area (Å²) >= 11 is 12.4. The van der Waals surface area contributed by atoms with Gasteiger partial charge in [-0.1, -0.05) is 24.4 Å². The first-order valence-electron chi connectivity index (χ1n) is 5.50. The fourth-order valence-electron chi connectivity index (χ4n) is 2.43. The summed E-state index contributed by atoms with van der Waals surface area (Å²) in [6.07, 6.45) is 7.55. The highest BCUT2D eigenvalue weighted by Gasteiger charge is 2.24. The van der Waals surface area contributed by atoms with Crippen LogP contribution in [0.4, 0.5) is 0 Å². The van der Waals surface area contributed by atoms with E-state index in [1.807, 2.05) is 11.7 Å². The zero-order valence-electron chi connectivity index (χ0n) is 8.92. The average molecular weight is 247 g/mol. The van der Waals surface area contributed by atoms with Crippen molar-refractivity contribution in [2.24, 2.45) is 7.05 Å². The minimum Gasteiger partial charge on any atom is -0.271 e. The number of rotatable bonds is 1. The Kier molecular flexibility index (Phi) is 3.57. The third-order valence-corrected chi connectivity index (χ3v) is 3.87. The van der Waals surface area contributed by atoms with Gasteiger partial charge < -0.3 is 0 Å². The molecule has 0 N–H and O–H groups in total. The zero-order valence-corrected chi connectivity index (χ0v) is 10.4. The van der Waals surface area contributed by atoms with Gasteiger partial charge in [0.2, 0.25) is 0 Å². The molecule has 4 heteroatoms. The Hall–Kier alpha value is -0.210. The Morgan fingerprint density at radius 2 is 2.13 bits per heavy atom. The van der Waals surface area contributed by atoms with Gasteiger partial charge in [0.1, 0.15) is 0 Å². The molecule has 0 radical (unpaired) electrons. The molecule has 2 rings (SSSR count). The van der Waals surface area contributed by atoms with Crippen LogP contribution in [-0.2, 0) is 7.05 Å². The van der Waals surface area contributed by atoms with Crippen LogP contribution in [0.3, 0.4) is 0 Å². The Labute approximate surface area is 101 Å². The molecule has 1 aliphatic rings. The third kappa shape index (κ3) is 2.48. The number of nitrogens with zero attached hydrogens (tertiary/aromatic N) is 2. The van der Waals surface area contributed by atoms with Gasteiger partial charge in [0, 0.05) is 18.3 Å². The van der Waals surface area contributed by atoms with Gasteiger partial charge in [-0.2, -0.15) is 5.10 Å². The monoisotopic (exact) mass is 246 g/mol. The molecule has 0 aliphatic heterocycles. The second-order valence-electron chi connectivity index (χ2n) is 4.32. The summed E-state index contributed by atoms with van der Waals surface area (Å²) in [6.45, 7) is 0. The summed E-state index contributed by atoms with van der Waals surface area (Å²) in [5, 5.41) is 5.27. The summed E-state index contributed by atoms with van der Waals surface area (Å²) in [4.78, 5) is 0. The predicted octanol–water partition coefficient (Wildman–Crippen LogP) is 3.73. The van der Waals surface area contributed by atoms with E-state index in [9.17, 15) is 0 Å². The van der Waals surface area contributed by atoms with Crippen molar-refractivity contribution in [3.05, 3.63) is 16.9 Å². The van der Waals surface area contributed by atoms with Crippen LogP contribution in [0, 0.1) is 0 Å². The van der Waals surface area contributed by atoms with E-state index < -0.39 is 0 Å². The van der Waals surface area contributed by atoms with Crippen LogP contribution in [-0.4, -0.2) is 15.2 Å². The van der Waals surface area contributed by atoms with Crippen molar-refractivity contribution >= 4 is 23.2 Å². The number of hydrogen-bond acceptors (Lipinski definition) is 1. The van der Waals surface area contributed by atoms with Crippen molar-refractivity contribution in [2.75, 3.05) is 0 Å². The minimum absolute atomic E-state index is 0.295. The lowest BCUT2D eigenvalue weighted by atomic mass is 9.96. The van der Waals surface area contributed by atoms with Gasteiger partial charge in [0.05, 0.1) is 16.9 Å². The first kappa shape index (κ1) is 11.3. The number of aromatic nitrogens is 2. The molecule has 84 valence electrons. The van der Waals surface area contributed by atoms with Gasteiger partial charge in [-0.3, -0.25) is 4.68 Å². The fourth-order valence-corrected chi connectivity index (χ4v) is 3.12. The number of alkyl halides is 1. The molecule has 1 aliphatic carbocycles. The van der Waals surface area contributed by atoms with Crippen molar-refractivity contribution in [1.29, 1.82) is 0 Å². The van der Waals surface area contributed by atoms with Crippen LogP contribution in [0.5, 0.6) is 0 Å². The Balaban J connectivity index is 2.21. The molecule has 0 spiro atoms. The summed E-state index contributed by atoms with van der Waals surface area (Å²) in [7, 11) is 1.95. The zero-order chi connectivity index (χ0) is 10.8. The molecule has 0 amide bonds. The van der Waals surface area contributed by atoms with E-state index in [0.29, 0.717) is 11.3 Å². The summed E-state index contributed by atoms with van der Waals surface area (Å²) in [5.74, 6) is 0.481. The van der Waals surface area contributed by atoms with Crippen molar-refractivity contribution in [1.82, 2.24) is 9.78 Å². The second kappa shape index (κ2) is 4.75. The van der Waals surface area contributed by atoms with Crippen LogP contribution < -0.4 is 0 Å². The van der Waals surface area contributed by atoms with E-state index in [0.717, 1.165) is 23.6 Å². The topological polar surface area (TPSA) is 17.8 Å². The maximum absolute atomic E-state index is 6.26. The third-order valence-electron chi connectivity index (χ3n) is 3.18. The summed E-state index contributed by atoms with van der Waals surface area (Å²) < 4.78 is 1.89. The fraction of sp³-hybridized carbons (Fsp3) is 0.727. The molecule has 1 aromatic heterocycles.